The third-order valence-corrected chi connectivity index (χ3v) is 4.13. The van der Waals surface area contributed by atoms with Crippen molar-refractivity contribution in [3.8, 4) is 0 Å². The summed E-state index contributed by atoms with van der Waals surface area (Å²) in [6, 6.07) is 7.99. The van der Waals surface area contributed by atoms with Crippen molar-refractivity contribution in [2.75, 3.05) is 5.32 Å². The van der Waals surface area contributed by atoms with Gasteiger partial charge >= 0.3 is 0 Å². The molecular formula is C14H15Br2N3. The quantitative estimate of drug-likeness (QED) is 0.753. The molecule has 2 rings (SSSR count). The number of benzene rings is 1. The summed E-state index contributed by atoms with van der Waals surface area (Å²) in [6.45, 7) is 4.18. The average molecular weight is 385 g/mol. The van der Waals surface area contributed by atoms with Gasteiger partial charge in [-0.25, -0.2) is 9.97 Å². The van der Waals surface area contributed by atoms with Gasteiger partial charge in [-0.2, -0.15) is 0 Å². The maximum atomic E-state index is 4.52. The number of halogens is 2. The van der Waals surface area contributed by atoms with Crippen molar-refractivity contribution in [2.45, 2.75) is 26.7 Å². The molecule has 0 spiro atoms. The second-order valence-electron chi connectivity index (χ2n) is 4.30. The van der Waals surface area contributed by atoms with Gasteiger partial charge in [0.1, 0.15) is 16.2 Å². The first-order valence-corrected chi connectivity index (χ1v) is 7.74. The lowest BCUT2D eigenvalue weighted by atomic mass is 10.2. The number of anilines is 2. The van der Waals surface area contributed by atoms with Crippen LogP contribution in [0.5, 0.6) is 0 Å². The SMILES string of the molecule is CCCc1nc(Br)cc(Nc2cccc(C)c2Br)n1. The number of aryl methyl sites for hydroxylation is 2. The minimum atomic E-state index is 0.802. The number of nitrogens with zero attached hydrogens (tertiary/aromatic N) is 2. The fourth-order valence-corrected chi connectivity index (χ4v) is 2.53. The maximum Gasteiger partial charge on any atom is 0.135 e. The zero-order valence-corrected chi connectivity index (χ0v) is 14.0. The molecule has 0 saturated heterocycles. The number of hydrogen-bond acceptors (Lipinski definition) is 3. The molecule has 1 aromatic heterocycles. The van der Waals surface area contributed by atoms with Gasteiger partial charge in [0.05, 0.1) is 5.69 Å². The molecular weight excluding hydrogens is 370 g/mol. The van der Waals surface area contributed by atoms with Crippen LogP contribution in [0.25, 0.3) is 0 Å². The van der Waals surface area contributed by atoms with Gasteiger partial charge in [0.15, 0.2) is 0 Å². The molecule has 19 heavy (non-hydrogen) atoms. The van der Waals surface area contributed by atoms with Crippen LogP contribution in [0.2, 0.25) is 0 Å². The predicted octanol–water partition coefficient (Wildman–Crippen LogP) is 5.01. The van der Waals surface area contributed by atoms with E-state index in [1.54, 1.807) is 0 Å². The van der Waals surface area contributed by atoms with E-state index in [9.17, 15) is 0 Å². The van der Waals surface area contributed by atoms with E-state index in [1.165, 1.54) is 5.56 Å². The molecule has 0 fully saturated rings. The molecule has 0 aliphatic heterocycles. The summed E-state index contributed by atoms with van der Waals surface area (Å²) in [5.74, 6) is 1.65. The van der Waals surface area contributed by atoms with E-state index in [4.69, 9.17) is 0 Å². The van der Waals surface area contributed by atoms with Crippen molar-refractivity contribution in [3.63, 3.8) is 0 Å². The second-order valence-corrected chi connectivity index (χ2v) is 5.91. The van der Waals surface area contributed by atoms with Crippen LogP contribution in [0.15, 0.2) is 33.3 Å². The van der Waals surface area contributed by atoms with Crippen LogP contribution in [-0.4, -0.2) is 9.97 Å². The summed E-state index contributed by atoms with van der Waals surface area (Å²) in [7, 11) is 0. The highest BCUT2D eigenvalue weighted by molar-refractivity contribution is 9.10. The van der Waals surface area contributed by atoms with Gasteiger partial charge in [-0.15, -0.1) is 0 Å². The van der Waals surface area contributed by atoms with E-state index in [0.29, 0.717) is 0 Å². The van der Waals surface area contributed by atoms with Crippen LogP contribution >= 0.6 is 31.9 Å². The van der Waals surface area contributed by atoms with Crippen molar-refractivity contribution in [3.05, 3.63) is 44.7 Å². The van der Waals surface area contributed by atoms with E-state index in [2.05, 4.69) is 67.1 Å². The largest absolute Gasteiger partial charge is 0.339 e. The topological polar surface area (TPSA) is 37.8 Å². The summed E-state index contributed by atoms with van der Waals surface area (Å²) in [5.41, 5.74) is 2.19. The van der Waals surface area contributed by atoms with Crippen molar-refractivity contribution in [1.29, 1.82) is 0 Å². The van der Waals surface area contributed by atoms with E-state index in [0.717, 1.165) is 39.2 Å². The second kappa shape index (κ2) is 6.48. The first-order chi connectivity index (χ1) is 9.10. The molecule has 0 aliphatic carbocycles. The third kappa shape index (κ3) is 3.76. The van der Waals surface area contributed by atoms with Gasteiger partial charge in [-0.1, -0.05) is 19.1 Å². The highest BCUT2D eigenvalue weighted by atomic mass is 79.9. The summed E-state index contributed by atoms with van der Waals surface area (Å²) in [6.07, 6.45) is 1.91. The molecule has 0 saturated carbocycles. The highest BCUT2D eigenvalue weighted by Gasteiger charge is 2.06. The number of aromatic nitrogens is 2. The van der Waals surface area contributed by atoms with Gasteiger partial charge in [0.25, 0.3) is 0 Å². The summed E-state index contributed by atoms with van der Waals surface area (Å²) >= 11 is 7.01. The fourth-order valence-electron chi connectivity index (χ4n) is 1.75. The first kappa shape index (κ1) is 14.5. The number of hydrogen-bond donors (Lipinski definition) is 1. The van der Waals surface area contributed by atoms with Crippen molar-refractivity contribution in [1.82, 2.24) is 9.97 Å². The molecule has 0 aliphatic rings. The van der Waals surface area contributed by atoms with Crippen LogP contribution in [-0.2, 0) is 6.42 Å². The molecule has 1 aromatic carbocycles. The Morgan fingerprint density at radius 1 is 1.21 bits per heavy atom. The van der Waals surface area contributed by atoms with Crippen molar-refractivity contribution < 1.29 is 0 Å². The standard InChI is InChI=1S/C14H15Br2N3/c1-3-5-12-18-11(15)8-13(19-12)17-10-7-4-6-9(2)14(10)16/h4,6-8H,3,5H2,1-2H3,(H,17,18,19). The normalized spacial score (nSPS) is 10.5. The van der Waals surface area contributed by atoms with Crippen LogP contribution in [0.1, 0.15) is 24.7 Å². The fraction of sp³-hybridized carbons (Fsp3) is 0.286. The molecule has 1 N–H and O–H groups in total. The van der Waals surface area contributed by atoms with Gasteiger partial charge in [-0.05, 0) is 56.8 Å². The first-order valence-electron chi connectivity index (χ1n) is 6.15. The summed E-state index contributed by atoms with van der Waals surface area (Å²) < 4.78 is 1.86. The zero-order chi connectivity index (χ0) is 13.8. The Morgan fingerprint density at radius 3 is 2.74 bits per heavy atom. The maximum absolute atomic E-state index is 4.52. The van der Waals surface area contributed by atoms with Gasteiger partial charge < -0.3 is 5.32 Å². The van der Waals surface area contributed by atoms with Crippen LogP contribution in [0.4, 0.5) is 11.5 Å². The van der Waals surface area contributed by atoms with E-state index in [-0.39, 0.29) is 0 Å². The third-order valence-electron chi connectivity index (χ3n) is 2.67. The lowest BCUT2D eigenvalue weighted by Gasteiger charge is -2.10. The highest BCUT2D eigenvalue weighted by Crippen LogP contribution is 2.28. The summed E-state index contributed by atoms with van der Waals surface area (Å²) in [4.78, 5) is 8.88. The van der Waals surface area contributed by atoms with Crippen LogP contribution < -0.4 is 5.32 Å². The molecule has 0 bridgehead atoms. The Hall–Kier alpha value is -0.940. The monoisotopic (exact) mass is 383 g/mol. The molecule has 0 unspecified atom stereocenters. The molecule has 2 aromatic rings. The lowest BCUT2D eigenvalue weighted by molar-refractivity contribution is 0.831. The molecule has 100 valence electrons. The molecule has 1 heterocycles. The average Bonchev–Trinajstić information content (AvgIpc) is 2.35. The van der Waals surface area contributed by atoms with E-state index < -0.39 is 0 Å². The van der Waals surface area contributed by atoms with Crippen LogP contribution in [0, 0.1) is 6.92 Å². The Bertz CT molecular complexity index is 585. The smallest absolute Gasteiger partial charge is 0.135 e. The van der Waals surface area contributed by atoms with Gasteiger partial charge in [0, 0.05) is 17.0 Å². The Morgan fingerprint density at radius 2 is 2.00 bits per heavy atom. The molecule has 0 atom stereocenters. The van der Waals surface area contributed by atoms with E-state index >= 15 is 0 Å². The Labute approximate surface area is 130 Å². The lowest BCUT2D eigenvalue weighted by Crippen LogP contribution is -2.01. The minimum absolute atomic E-state index is 0.802. The van der Waals surface area contributed by atoms with Crippen molar-refractivity contribution in [2.24, 2.45) is 0 Å². The predicted molar refractivity (Wildman–Crippen MR) is 85.9 cm³/mol. The minimum Gasteiger partial charge on any atom is -0.339 e. The Kier molecular flexibility index (Phi) is 4.93. The zero-order valence-electron chi connectivity index (χ0n) is 10.9. The van der Waals surface area contributed by atoms with Crippen molar-refractivity contribution >= 4 is 43.4 Å². The van der Waals surface area contributed by atoms with Gasteiger partial charge in [-0.3, -0.25) is 0 Å². The van der Waals surface area contributed by atoms with Gasteiger partial charge in [0.2, 0.25) is 0 Å². The molecule has 0 amide bonds. The Balaban J connectivity index is 2.30. The molecule has 3 nitrogen and oxygen atoms in total. The molecule has 0 radical (unpaired) electrons. The van der Waals surface area contributed by atoms with E-state index in [1.807, 2.05) is 18.2 Å². The molecule has 5 heteroatoms. The number of rotatable bonds is 4. The number of nitrogens with one attached hydrogen (secondary N) is 1. The van der Waals surface area contributed by atoms with Crippen LogP contribution in [0.3, 0.4) is 0 Å². The summed E-state index contributed by atoms with van der Waals surface area (Å²) in [5, 5.41) is 3.32.